The summed E-state index contributed by atoms with van der Waals surface area (Å²) < 4.78 is 43.2. The highest BCUT2D eigenvalue weighted by atomic mass is 32.2. The maximum absolute atomic E-state index is 12.4. The molecule has 2 aromatic carbocycles. The third-order valence-corrected chi connectivity index (χ3v) is 5.06. The minimum absolute atomic E-state index is 0.0208. The second kappa shape index (κ2) is 7.12. The zero-order valence-electron chi connectivity index (χ0n) is 13.5. The van der Waals surface area contributed by atoms with E-state index in [1.807, 2.05) is 12.1 Å². The Morgan fingerprint density at radius 1 is 1.20 bits per heavy atom. The number of fused-ring (bicyclic) bond motifs is 1. The Bertz CT molecular complexity index is 880. The average molecular weight is 363 g/mol. The number of rotatable bonds is 5. The van der Waals surface area contributed by atoms with E-state index >= 15 is 0 Å². The molecule has 1 aliphatic heterocycles. The van der Waals surface area contributed by atoms with Crippen LogP contribution in [0.1, 0.15) is 10.4 Å². The lowest BCUT2D eigenvalue weighted by atomic mass is 10.2. The van der Waals surface area contributed by atoms with Crippen molar-refractivity contribution in [3.63, 3.8) is 0 Å². The molecule has 0 aromatic heterocycles. The van der Waals surface area contributed by atoms with Crippen LogP contribution in [0.15, 0.2) is 53.4 Å². The summed E-state index contributed by atoms with van der Waals surface area (Å²) in [5, 5.41) is 0. The van der Waals surface area contributed by atoms with Crippen LogP contribution in [0.25, 0.3) is 0 Å². The Labute approximate surface area is 145 Å². The maximum Gasteiger partial charge on any atom is 0.337 e. The first kappa shape index (κ1) is 17.2. The quantitative estimate of drug-likeness (QED) is 0.812. The summed E-state index contributed by atoms with van der Waals surface area (Å²) in [4.78, 5) is 11.5. The van der Waals surface area contributed by atoms with Crippen molar-refractivity contribution >= 4 is 16.0 Å². The number of sulfonamides is 1. The molecule has 2 aromatic rings. The number of hydrogen-bond acceptors (Lipinski definition) is 6. The van der Waals surface area contributed by atoms with Crippen LogP contribution < -0.4 is 14.2 Å². The summed E-state index contributed by atoms with van der Waals surface area (Å²) in [6.07, 6.45) is -0.450. The standard InChI is InChI=1S/C17H17NO6S/c1-22-17(19)12-5-4-6-14(9-12)25(20,21)18-10-13-11-23-15-7-2-3-8-16(15)24-13/h2-9,13,18H,10-11H2,1H3/t13-/m0/s1. The predicted octanol–water partition coefficient (Wildman–Crippen LogP) is 1.59. The van der Waals surface area contributed by atoms with Crippen molar-refractivity contribution in [3.05, 3.63) is 54.1 Å². The number of carbonyl (C=O) groups excluding carboxylic acids is 1. The fourth-order valence-corrected chi connectivity index (χ4v) is 3.47. The van der Waals surface area contributed by atoms with Crippen LogP contribution >= 0.6 is 0 Å². The SMILES string of the molecule is COC(=O)c1cccc(S(=O)(=O)NC[C@H]2COc3ccccc3O2)c1. The number of benzene rings is 2. The minimum atomic E-state index is -3.79. The molecule has 0 spiro atoms. The Balaban J connectivity index is 1.68. The van der Waals surface area contributed by atoms with Crippen LogP contribution in [0, 0.1) is 0 Å². The maximum atomic E-state index is 12.4. The number of ether oxygens (including phenoxy) is 3. The molecule has 0 radical (unpaired) electrons. The van der Waals surface area contributed by atoms with Gasteiger partial charge in [-0.3, -0.25) is 0 Å². The van der Waals surface area contributed by atoms with Gasteiger partial charge in [0.05, 0.1) is 24.1 Å². The summed E-state index contributed by atoms with van der Waals surface area (Å²) in [7, 11) is -2.56. The molecule has 1 atom stereocenters. The fraction of sp³-hybridized carbons (Fsp3) is 0.235. The van der Waals surface area contributed by atoms with Gasteiger partial charge >= 0.3 is 5.97 Å². The lowest BCUT2D eigenvalue weighted by Gasteiger charge is -2.26. The highest BCUT2D eigenvalue weighted by Crippen LogP contribution is 2.30. The van der Waals surface area contributed by atoms with E-state index in [1.54, 1.807) is 12.1 Å². The number of nitrogens with one attached hydrogen (secondary N) is 1. The predicted molar refractivity (Wildman–Crippen MR) is 89.3 cm³/mol. The van der Waals surface area contributed by atoms with E-state index in [4.69, 9.17) is 9.47 Å². The third kappa shape index (κ3) is 3.92. The molecule has 0 bridgehead atoms. The fourth-order valence-electron chi connectivity index (χ4n) is 2.36. The number of para-hydroxylation sites is 2. The van der Waals surface area contributed by atoms with Gasteiger partial charge in [0.15, 0.2) is 11.5 Å². The monoisotopic (exact) mass is 363 g/mol. The largest absolute Gasteiger partial charge is 0.486 e. The van der Waals surface area contributed by atoms with Crippen LogP contribution in [0.2, 0.25) is 0 Å². The van der Waals surface area contributed by atoms with Gasteiger partial charge in [0, 0.05) is 0 Å². The van der Waals surface area contributed by atoms with Crippen molar-refractivity contribution in [1.82, 2.24) is 4.72 Å². The van der Waals surface area contributed by atoms with E-state index in [9.17, 15) is 13.2 Å². The van der Waals surface area contributed by atoms with Gasteiger partial charge in [-0.25, -0.2) is 17.9 Å². The first-order valence-electron chi connectivity index (χ1n) is 7.56. The Kier molecular flexibility index (Phi) is 4.91. The molecule has 0 saturated heterocycles. The van der Waals surface area contributed by atoms with E-state index in [0.717, 1.165) is 0 Å². The van der Waals surface area contributed by atoms with Gasteiger partial charge in [-0.15, -0.1) is 0 Å². The summed E-state index contributed by atoms with van der Waals surface area (Å²) in [5.74, 6) is 0.607. The van der Waals surface area contributed by atoms with Crippen LogP contribution in [-0.4, -0.2) is 40.8 Å². The molecule has 0 unspecified atom stereocenters. The van der Waals surface area contributed by atoms with Crippen LogP contribution in [0.3, 0.4) is 0 Å². The van der Waals surface area contributed by atoms with Crippen molar-refractivity contribution in [2.24, 2.45) is 0 Å². The Hall–Kier alpha value is -2.58. The zero-order valence-corrected chi connectivity index (χ0v) is 14.3. The molecule has 1 aliphatic rings. The molecule has 1 N–H and O–H groups in total. The van der Waals surface area contributed by atoms with Gasteiger partial charge in [0.25, 0.3) is 0 Å². The third-order valence-electron chi connectivity index (χ3n) is 3.63. The molecule has 25 heavy (non-hydrogen) atoms. The second-order valence-electron chi connectivity index (χ2n) is 5.37. The smallest absolute Gasteiger partial charge is 0.337 e. The van der Waals surface area contributed by atoms with Crippen molar-refractivity contribution in [1.29, 1.82) is 0 Å². The van der Waals surface area contributed by atoms with E-state index in [-0.39, 0.29) is 23.6 Å². The average Bonchev–Trinajstić information content (AvgIpc) is 2.65. The molecule has 1 heterocycles. The summed E-state index contributed by atoms with van der Waals surface area (Å²) in [6.45, 7) is 0.279. The summed E-state index contributed by atoms with van der Waals surface area (Å²) in [6, 6.07) is 12.8. The summed E-state index contributed by atoms with van der Waals surface area (Å²) in [5.41, 5.74) is 0.163. The second-order valence-corrected chi connectivity index (χ2v) is 7.14. The molecular weight excluding hydrogens is 346 g/mol. The van der Waals surface area contributed by atoms with E-state index in [0.29, 0.717) is 11.5 Å². The first-order chi connectivity index (χ1) is 12.0. The van der Waals surface area contributed by atoms with Crippen molar-refractivity contribution in [2.45, 2.75) is 11.0 Å². The molecule has 0 aliphatic carbocycles. The van der Waals surface area contributed by atoms with Gasteiger partial charge in [0.2, 0.25) is 10.0 Å². The van der Waals surface area contributed by atoms with Gasteiger partial charge in [-0.1, -0.05) is 18.2 Å². The zero-order chi connectivity index (χ0) is 17.9. The molecule has 0 amide bonds. The molecular formula is C17H17NO6S. The minimum Gasteiger partial charge on any atom is -0.486 e. The summed E-state index contributed by atoms with van der Waals surface area (Å²) >= 11 is 0. The van der Waals surface area contributed by atoms with Crippen LogP contribution in [0.4, 0.5) is 0 Å². The van der Waals surface area contributed by atoms with Crippen LogP contribution in [-0.2, 0) is 14.8 Å². The normalized spacial score (nSPS) is 16.3. The molecule has 3 rings (SSSR count). The molecule has 7 nitrogen and oxygen atoms in total. The van der Waals surface area contributed by atoms with E-state index in [1.165, 1.54) is 31.4 Å². The van der Waals surface area contributed by atoms with Gasteiger partial charge in [0.1, 0.15) is 12.7 Å². The van der Waals surface area contributed by atoms with E-state index in [2.05, 4.69) is 9.46 Å². The first-order valence-corrected chi connectivity index (χ1v) is 9.04. The van der Waals surface area contributed by atoms with Gasteiger partial charge < -0.3 is 14.2 Å². The molecule has 0 fully saturated rings. The number of methoxy groups -OCH3 is 1. The number of hydrogen-bond donors (Lipinski definition) is 1. The number of carbonyl (C=O) groups is 1. The highest BCUT2D eigenvalue weighted by Gasteiger charge is 2.23. The Morgan fingerprint density at radius 3 is 2.72 bits per heavy atom. The molecule has 0 saturated carbocycles. The van der Waals surface area contributed by atoms with Crippen molar-refractivity contribution in [2.75, 3.05) is 20.3 Å². The van der Waals surface area contributed by atoms with Crippen molar-refractivity contribution in [3.8, 4) is 11.5 Å². The lowest BCUT2D eigenvalue weighted by molar-refractivity contribution is 0.0600. The van der Waals surface area contributed by atoms with Crippen LogP contribution in [0.5, 0.6) is 11.5 Å². The van der Waals surface area contributed by atoms with Gasteiger partial charge in [-0.05, 0) is 30.3 Å². The van der Waals surface area contributed by atoms with E-state index < -0.39 is 22.1 Å². The number of esters is 1. The topological polar surface area (TPSA) is 90.9 Å². The van der Waals surface area contributed by atoms with Gasteiger partial charge in [-0.2, -0.15) is 0 Å². The molecule has 132 valence electrons. The molecule has 8 heteroatoms. The highest BCUT2D eigenvalue weighted by molar-refractivity contribution is 7.89. The Morgan fingerprint density at radius 2 is 1.96 bits per heavy atom. The van der Waals surface area contributed by atoms with Crippen molar-refractivity contribution < 1.29 is 27.4 Å². The lowest BCUT2D eigenvalue weighted by Crippen LogP contribution is -2.40.